The van der Waals surface area contributed by atoms with Crippen LogP contribution >= 0.6 is 0 Å². The molecule has 0 aromatic heterocycles. The second kappa shape index (κ2) is 10.0. The molecule has 24 heavy (non-hydrogen) atoms. The molecule has 2 fully saturated rings. The van der Waals surface area contributed by atoms with E-state index in [1.807, 2.05) is 0 Å². The second-order valence-electron chi connectivity index (χ2n) is 7.72. The zero-order valence-corrected chi connectivity index (χ0v) is 15.4. The summed E-state index contributed by atoms with van der Waals surface area (Å²) in [5.41, 5.74) is 0. The SMILES string of the molecule is COC(=O)[C@H](CC1CCCCC1)C[C@@H](C(=O)OC)C1CCCCC1. The van der Waals surface area contributed by atoms with E-state index >= 15 is 0 Å². The number of carbonyl (C=O) groups excluding carboxylic acids is 2. The maximum Gasteiger partial charge on any atom is 0.308 e. The third kappa shape index (κ3) is 5.49. The van der Waals surface area contributed by atoms with Gasteiger partial charge in [-0.15, -0.1) is 0 Å². The van der Waals surface area contributed by atoms with Gasteiger partial charge in [0, 0.05) is 0 Å². The number of ether oxygens (including phenoxy) is 2. The topological polar surface area (TPSA) is 52.6 Å². The van der Waals surface area contributed by atoms with Gasteiger partial charge in [-0.1, -0.05) is 51.4 Å². The Hall–Kier alpha value is -1.06. The van der Waals surface area contributed by atoms with E-state index in [1.165, 1.54) is 65.6 Å². The molecule has 2 atom stereocenters. The van der Waals surface area contributed by atoms with Gasteiger partial charge in [0.2, 0.25) is 0 Å². The molecule has 4 nitrogen and oxygen atoms in total. The highest BCUT2D eigenvalue weighted by Crippen LogP contribution is 2.37. The van der Waals surface area contributed by atoms with Gasteiger partial charge in [0.15, 0.2) is 0 Å². The molecule has 0 aromatic rings. The number of hydrogen-bond acceptors (Lipinski definition) is 4. The Labute approximate surface area is 146 Å². The van der Waals surface area contributed by atoms with Crippen LogP contribution in [0.3, 0.4) is 0 Å². The molecule has 0 bridgehead atoms. The highest BCUT2D eigenvalue weighted by Gasteiger charge is 2.36. The van der Waals surface area contributed by atoms with Crippen LogP contribution in [0.5, 0.6) is 0 Å². The fourth-order valence-corrected chi connectivity index (χ4v) is 4.76. The summed E-state index contributed by atoms with van der Waals surface area (Å²) in [6.07, 6.45) is 13.5. The quantitative estimate of drug-likeness (QED) is 0.641. The molecular weight excluding hydrogens is 304 g/mol. The molecule has 0 heterocycles. The summed E-state index contributed by atoms with van der Waals surface area (Å²) in [6, 6.07) is 0. The lowest BCUT2D eigenvalue weighted by Crippen LogP contribution is -2.32. The van der Waals surface area contributed by atoms with Gasteiger partial charge in [-0.25, -0.2) is 0 Å². The van der Waals surface area contributed by atoms with Gasteiger partial charge in [-0.05, 0) is 37.5 Å². The lowest BCUT2D eigenvalue weighted by atomic mass is 9.73. The lowest BCUT2D eigenvalue weighted by molar-refractivity contribution is -0.152. The Morgan fingerprint density at radius 3 is 1.92 bits per heavy atom. The van der Waals surface area contributed by atoms with E-state index in [1.54, 1.807) is 0 Å². The number of carbonyl (C=O) groups is 2. The van der Waals surface area contributed by atoms with Gasteiger partial charge in [0.25, 0.3) is 0 Å². The van der Waals surface area contributed by atoms with Crippen LogP contribution in [0.2, 0.25) is 0 Å². The van der Waals surface area contributed by atoms with Crippen molar-refractivity contribution in [2.45, 2.75) is 77.0 Å². The Kier molecular flexibility index (Phi) is 8.07. The minimum absolute atomic E-state index is 0.139. The summed E-state index contributed by atoms with van der Waals surface area (Å²) in [5, 5.41) is 0. The molecule has 0 aromatic carbocycles. The molecule has 0 aliphatic heterocycles. The van der Waals surface area contributed by atoms with E-state index in [0.29, 0.717) is 18.3 Å². The van der Waals surface area contributed by atoms with Crippen molar-refractivity contribution in [2.75, 3.05) is 14.2 Å². The fourth-order valence-electron chi connectivity index (χ4n) is 4.76. The number of esters is 2. The van der Waals surface area contributed by atoms with Crippen LogP contribution in [-0.2, 0) is 19.1 Å². The van der Waals surface area contributed by atoms with Crippen LogP contribution in [0.15, 0.2) is 0 Å². The standard InChI is InChI=1S/C20H34O4/c1-23-19(21)17(13-15-9-5-3-6-10-15)14-18(20(22)24-2)16-11-7-4-8-12-16/h15-18H,3-14H2,1-2H3/t17-,18-/m1/s1. The highest BCUT2D eigenvalue weighted by molar-refractivity contribution is 5.76. The molecule has 0 N–H and O–H groups in total. The van der Waals surface area contributed by atoms with Gasteiger partial charge in [0.05, 0.1) is 26.1 Å². The van der Waals surface area contributed by atoms with Crippen LogP contribution < -0.4 is 0 Å². The van der Waals surface area contributed by atoms with E-state index < -0.39 is 0 Å². The van der Waals surface area contributed by atoms with E-state index in [-0.39, 0.29) is 23.8 Å². The summed E-state index contributed by atoms with van der Waals surface area (Å²) in [4.78, 5) is 24.7. The molecule has 2 aliphatic carbocycles. The Morgan fingerprint density at radius 1 is 0.833 bits per heavy atom. The second-order valence-corrected chi connectivity index (χ2v) is 7.72. The Morgan fingerprint density at radius 2 is 1.38 bits per heavy atom. The summed E-state index contributed by atoms with van der Waals surface area (Å²) in [6.45, 7) is 0. The molecule has 2 rings (SSSR count). The average molecular weight is 338 g/mol. The van der Waals surface area contributed by atoms with Gasteiger partial charge < -0.3 is 9.47 Å². The van der Waals surface area contributed by atoms with Crippen molar-refractivity contribution in [3.8, 4) is 0 Å². The molecule has 0 radical (unpaired) electrons. The first-order valence-corrected chi connectivity index (χ1v) is 9.81. The molecule has 0 saturated heterocycles. The highest BCUT2D eigenvalue weighted by atomic mass is 16.5. The van der Waals surface area contributed by atoms with E-state index in [4.69, 9.17) is 9.47 Å². The van der Waals surface area contributed by atoms with Crippen molar-refractivity contribution in [3.05, 3.63) is 0 Å². The molecule has 2 saturated carbocycles. The summed E-state index contributed by atoms with van der Waals surface area (Å²) >= 11 is 0. The molecule has 0 amide bonds. The summed E-state index contributed by atoms with van der Waals surface area (Å²) in [5.74, 6) is 0.370. The van der Waals surface area contributed by atoms with Gasteiger partial charge in [-0.3, -0.25) is 9.59 Å². The zero-order valence-electron chi connectivity index (χ0n) is 15.4. The predicted octanol–water partition coefficient (Wildman–Crippen LogP) is 4.51. The first kappa shape index (κ1) is 19.3. The molecular formula is C20H34O4. The van der Waals surface area contributed by atoms with E-state index in [9.17, 15) is 9.59 Å². The third-order valence-electron chi connectivity index (χ3n) is 6.14. The molecule has 4 heteroatoms. The smallest absolute Gasteiger partial charge is 0.308 e. The zero-order chi connectivity index (χ0) is 17.4. The van der Waals surface area contributed by atoms with E-state index in [2.05, 4.69) is 0 Å². The lowest BCUT2D eigenvalue weighted by Gasteiger charge is -2.32. The van der Waals surface area contributed by atoms with Crippen molar-refractivity contribution in [1.29, 1.82) is 0 Å². The maximum atomic E-state index is 12.4. The first-order chi connectivity index (χ1) is 11.7. The van der Waals surface area contributed by atoms with Gasteiger partial charge in [0.1, 0.15) is 0 Å². The van der Waals surface area contributed by atoms with E-state index in [0.717, 1.165) is 19.3 Å². The Bertz CT molecular complexity index is 394. The molecule has 0 spiro atoms. The van der Waals surface area contributed by atoms with Crippen molar-refractivity contribution < 1.29 is 19.1 Å². The van der Waals surface area contributed by atoms with Crippen LogP contribution in [0.4, 0.5) is 0 Å². The largest absolute Gasteiger partial charge is 0.469 e. The van der Waals surface area contributed by atoms with Crippen LogP contribution in [-0.4, -0.2) is 26.2 Å². The number of rotatable bonds is 7. The molecule has 2 aliphatic rings. The monoisotopic (exact) mass is 338 g/mol. The maximum absolute atomic E-state index is 12.4. The predicted molar refractivity (Wildman–Crippen MR) is 93.4 cm³/mol. The van der Waals surface area contributed by atoms with Crippen LogP contribution in [0.1, 0.15) is 77.0 Å². The normalized spacial score (nSPS) is 22.6. The van der Waals surface area contributed by atoms with Gasteiger partial charge >= 0.3 is 11.9 Å². The third-order valence-corrected chi connectivity index (χ3v) is 6.14. The van der Waals surface area contributed by atoms with Gasteiger partial charge in [-0.2, -0.15) is 0 Å². The van der Waals surface area contributed by atoms with Crippen molar-refractivity contribution >= 4 is 11.9 Å². The summed E-state index contributed by atoms with van der Waals surface area (Å²) < 4.78 is 10.1. The van der Waals surface area contributed by atoms with Crippen molar-refractivity contribution in [2.24, 2.45) is 23.7 Å². The first-order valence-electron chi connectivity index (χ1n) is 9.81. The Balaban J connectivity index is 2.04. The van der Waals surface area contributed by atoms with Crippen molar-refractivity contribution in [1.82, 2.24) is 0 Å². The molecule has 0 unspecified atom stereocenters. The fraction of sp³-hybridized carbons (Fsp3) is 0.900. The van der Waals surface area contributed by atoms with Crippen LogP contribution in [0, 0.1) is 23.7 Å². The number of hydrogen-bond donors (Lipinski definition) is 0. The summed E-state index contributed by atoms with van der Waals surface area (Å²) in [7, 11) is 2.93. The minimum Gasteiger partial charge on any atom is -0.469 e. The number of methoxy groups -OCH3 is 2. The van der Waals surface area contributed by atoms with Crippen molar-refractivity contribution in [3.63, 3.8) is 0 Å². The molecule has 138 valence electrons. The van der Waals surface area contributed by atoms with Crippen LogP contribution in [0.25, 0.3) is 0 Å². The average Bonchev–Trinajstić information content (AvgIpc) is 2.65. The minimum atomic E-state index is -0.163.